The Kier molecular flexibility index (Phi) is 10.4. The van der Waals surface area contributed by atoms with E-state index in [1.54, 1.807) is 12.1 Å². The highest BCUT2D eigenvalue weighted by Crippen LogP contribution is 2.51. The third-order valence-corrected chi connectivity index (χ3v) is 9.29. The Bertz CT molecular complexity index is 1630. The predicted molar refractivity (Wildman–Crippen MR) is 175 cm³/mol. The fourth-order valence-corrected chi connectivity index (χ4v) is 6.79. The number of amides is 1. The van der Waals surface area contributed by atoms with E-state index in [-0.39, 0.29) is 17.6 Å². The number of carbonyl (C=O) groups is 1. The Morgan fingerprint density at radius 1 is 1.22 bits per heavy atom. The molecule has 2 aromatic carbocycles. The highest BCUT2D eigenvalue weighted by Gasteiger charge is 2.38. The zero-order chi connectivity index (χ0) is 32.1. The van der Waals surface area contributed by atoms with Crippen molar-refractivity contribution in [3.8, 4) is 17.2 Å². The molecule has 0 fully saturated rings. The minimum Gasteiger partial charge on any atom is -0.462 e. The standard InChI is InChI=1S/C34H44N3O7P/c1-6-7-8-10-24-18-30-33(27-17-22(2)13-14-26(27)23(3)42-30)31(19-24)43-34(38)36-21-41-45(39,40)44-29-12-9-11-28-32(29)25(20-35-28)15-16-37(4)5/h9,11-12,17-20,26-27,35H,3,6-8,10,13-16,21H2,1-2,4-5H3,(H,36,38)(H,39,40)/t26-,27+/m0/s1. The molecule has 242 valence electrons. The van der Waals surface area contributed by atoms with Crippen LogP contribution in [0.25, 0.3) is 10.9 Å². The number of unbranched alkanes of at least 4 members (excludes halogenated alkanes) is 2. The lowest BCUT2D eigenvalue weighted by Crippen LogP contribution is -2.31. The number of hydrogen-bond acceptors (Lipinski definition) is 7. The van der Waals surface area contributed by atoms with Gasteiger partial charge < -0.3 is 23.9 Å². The first-order valence-corrected chi connectivity index (χ1v) is 17.1. The highest BCUT2D eigenvalue weighted by molar-refractivity contribution is 7.47. The summed E-state index contributed by atoms with van der Waals surface area (Å²) >= 11 is 0. The molecule has 3 N–H and O–H groups in total. The molecule has 3 atom stereocenters. The van der Waals surface area contributed by atoms with Gasteiger partial charge in [0.15, 0.2) is 0 Å². The fourth-order valence-electron chi connectivity index (χ4n) is 6.10. The van der Waals surface area contributed by atoms with Gasteiger partial charge in [-0.05, 0) is 88.5 Å². The van der Waals surface area contributed by atoms with Crippen LogP contribution in [0.2, 0.25) is 0 Å². The quantitative estimate of drug-likeness (QED) is 0.0759. The highest BCUT2D eigenvalue weighted by atomic mass is 31.2. The topological polar surface area (TPSA) is 122 Å². The van der Waals surface area contributed by atoms with Crippen molar-refractivity contribution < 1.29 is 32.8 Å². The summed E-state index contributed by atoms with van der Waals surface area (Å²) in [5.41, 5.74) is 4.81. The second-order valence-electron chi connectivity index (χ2n) is 12.2. The molecular formula is C34H44N3O7P. The Balaban J connectivity index is 1.28. The molecule has 2 aliphatic rings. The summed E-state index contributed by atoms with van der Waals surface area (Å²) in [7, 11) is -0.637. The fraction of sp³-hybridized carbons (Fsp3) is 0.441. The predicted octanol–water partition coefficient (Wildman–Crippen LogP) is 7.59. The minimum atomic E-state index is -4.60. The van der Waals surface area contributed by atoms with Gasteiger partial charge in [0.05, 0.1) is 0 Å². The van der Waals surface area contributed by atoms with Gasteiger partial charge in [-0.3, -0.25) is 14.7 Å². The van der Waals surface area contributed by atoms with Crippen molar-refractivity contribution >= 4 is 24.8 Å². The van der Waals surface area contributed by atoms with Gasteiger partial charge in [-0.1, -0.05) is 44.1 Å². The zero-order valence-corrected chi connectivity index (χ0v) is 27.5. The van der Waals surface area contributed by atoms with Crippen LogP contribution in [0.5, 0.6) is 17.2 Å². The van der Waals surface area contributed by atoms with Crippen molar-refractivity contribution in [3.63, 3.8) is 0 Å². The molecule has 1 unspecified atom stereocenters. The van der Waals surface area contributed by atoms with Crippen molar-refractivity contribution in [2.24, 2.45) is 5.92 Å². The molecule has 0 saturated heterocycles. The molecule has 0 bridgehead atoms. The second kappa shape index (κ2) is 14.3. The van der Waals surface area contributed by atoms with Gasteiger partial charge in [0.2, 0.25) is 0 Å². The maximum atomic E-state index is 13.0. The van der Waals surface area contributed by atoms with Crippen molar-refractivity contribution in [2.75, 3.05) is 27.4 Å². The number of phosphoric ester groups is 1. The molecule has 1 aromatic heterocycles. The maximum Gasteiger partial charge on any atom is 0.529 e. The molecule has 0 saturated carbocycles. The summed E-state index contributed by atoms with van der Waals surface area (Å²) in [5.74, 6) is 2.06. The number of H-pyrrole nitrogens is 1. The number of nitrogens with one attached hydrogen (secondary N) is 2. The average molecular weight is 638 g/mol. The normalized spacial score (nSPS) is 18.9. The number of nitrogens with zero attached hydrogens (tertiary/aromatic N) is 1. The molecule has 5 rings (SSSR count). The summed E-state index contributed by atoms with van der Waals surface area (Å²) in [6.07, 6.45) is 9.84. The van der Waals surface area contributed by atoms with Gasteiger partial charge in [0.25, 0.3) is 0 Å². The first kappa shape index (κ1) is 32.8. The Morgan fingerprint density at radius 3 is 2.82 bits per heavy atom. The lowest BCUT2D eigenvalue weighted by atomic mass is 9.74. The van der Waals surface area contributed by atoms with E-state index in [0.717, 1.165) is 79.5 Å². The number of aryl methyl sites for hydroxylation is 1. The van der Waals surface area contributed by atoms with Gasteiger partial charge in [-0.25, -0.2) is 9.36 Å². The van der Waals surface area contributed by atoms with E-state index in [9.17, 15) is 14.3 Å². The van der Waals surface area contributed by atoms with Crippen LogP contribution < -0.4 is 19.3 Å². The number of ether oxygens (including phenoxy) is 2. The van der Waals surface area contributed by atoms with E-state index < -0.39 is 20.6 Å². The van der Waals surface area contributed by atoms with Crippen LogP contribution in [0, 0.1) is 5.92 Å². The number of allylic oxidation sites excluding steroid dienone is 3. The first-order chi connectivity index (χ1) is 21.5. The van der Waals surface area contributed by atoms with E-state index in [1.807, 2.05) is 38.5 Å². The Labute approximate surface area is 265 Å². The van der Waals surface area contributed by atoms with Crippen LogP contribution in [0.4, 0.5) is 4.79 Å². The van der Waals surface area contributed by atoms with Crippen LogP contribution in [0.15, 0.2) is 60.5 Å². The number of likely N-dealkylation sites (N-methyl/N-ethyl adjacent to an activating group) is 1. The molecule has 1 amide bonds. The zero-order valence-electron chi connectivity index (χ0n) is 26.6. The summed E-state index contributed by atoms with van der Waals surface area (Å²) < 4.78 is 35.5. The summed E-state index contributed by atoms with van der Waals surface area (Å²) in [5, 5.41) is 3.15. The van der Waals surface area contributed by atoms with Crippen LogP contribution in [0.1, 0.15) is 68.6 Å². The third kappa shape index (κ3) is 8.00. The van der Waals surface area contributed by atoms with E-state index in [4.69, 9.17) is 18.5 Å². The van der Waals surface area contributed by atoms with Gasteiger partial charge in [0, 0.05) is 41.0 Å². The van der Waals surface area contributed by atoms with Crippen LogP contribution in [-0.4, -0.2) is 48.2 Å². The Hall–Kier alpha value is -3.56. The molecule has 10 nitrogen and oxygen atoms in total. The molecule has 45 heavy (non-hydrogen) atoms. The van der Waals surface area contributed by atoms with E-state index in [2.05, 4.69) is 41.7 Å². The van der Waals surface area contributed by atoms with E-state index in [1.165, 1.54) is 5.57 Å². The molecule has 1 aliphatic carbocycles. The molecule has 11 heteroatoms. The number of aromatic nitrogens is 1. The number of phosphoric acid groups is 1. The monoisotopic (exact) mass is 637 g/mol. The number of aromatic amines is 1. The number of rotatable bonds is 13. The summed E-state index contributed by atoms with van der Waals surface area (Å²) in [6, 6.07) is 9.13. The van der Waals surface area contributed by atoms with Gasteiger partial charge >= 0.3 is 13.9 Å². The molecular weight excluding hydrogens is 593 g/mol. The van der Waals surface area contributed by atoms with Crippen molar-refractivity contribution in [1.29, 1.82) is 0 Å². The van der Waals surface area contributed by atoms with Gasteiger partial charge in [0.1, 0.15) is 29.7 Å². The largest absolute Gasteiger partial charge is 0.529 e. The average Bonchev–Trinajstić information content (AvgIpc) is 3.40. The van der Waals surface area contributed by atoms with Gasteiger partial charge in [-0.15, -0.1) is 0 Å². The number of benzene rings is 2. The summed E-state index contributed by atoms with van der Waals surface area (Å²) in [4.78, 5) is 28.8. The SMILES string of the molecule is C=C1Oc2cc(CCCCC)cc(OC(=O)NCOP(=O)(O)Oc3cccc4[nH]cc(CCN(C)C)c34)c2[C@@H]2C=C(C)CC[C@@H]12. The van der Waals surface area contributed by atoms with Crippen LogP contribution >= 0.6 is 7.82 Å². The lowest BCUT2D eigenvalue weighted by Gasteiger charge is -2.37. The number of hydrogen-bond donors (Lipinski definition) is 3. The minimum absolute atomic E-state index is 0.0245. The van der Waals surface area contributed by atoms with Crippen molar-refractivity contribution in [1.82, 2.24) is 15.2 Å². The lowest BCUT2D eigenvalue weighted by molar-refractivity contribution is 0.166. The third-order valence-electron chi connectivity index (χ3n) is 8.41. The van der Waals surface area contributed by atoms with E-state index in [0.29, 0.717) is 16.9 Å². The van der Waals surface area contributed by atoms with Crippen molar-refractivity contribution in [3.05, 3.63) is 77.2 Å². The van der Waals surface area contributed by atoms with Gasteiger partial charge in [-0.2, -0.15) is 0 Å². The number of carbonyl (C=O) groups excluding carboxylic acids is 1. The first-order valence-electron chi connectivity index (χ1n) is 15.6. The maximum absolute atomic E-state index is 13.0. The molecule has 1 aliphatic heterocycles. The second-order valence-corrected chi connectivity index (χ2v) is 13.5. The Morgan fingerprint density at radius 2 is 2.04 bits per heavy atom. The van der Waals surface area contributed by atoms with Crippen LogP contribution in [-0.2, 0) is 21.9 Å². The van der Waals surface area contributed by atoms with Crippen LogP contribution in [0.3, 0.4) is 0 Å². The summed E-state index contributed by atoms with van der Waals surface area (Å²) in [6.45, 7) is 8.65. The molecule has 2 heterocycles. The smallest absolute Gasteiger partial charge is 0.462 e. The van der Waals surface area contributed by atoms with Crippen molar-refractivity contribution in [2.45, 2.75) is 64.7 Å². The number of fused-ring (bicyclic) bond motifs is 4. The molecule has 3 aromatic rings. The molecule has 0 radical (unpaired) electrons. The van der Waals surface area contributed by atoms with E-state index >= 15 is 0 Å². The molecule has 0 spiro atoms.